The fraction of sp³-hybridized carbons (Fsp3) is 0.125. The summed E-state index contributed by atoms with van der Waals surface area (Å²) >= 11 is 0. The number of hydrogen-bond acceptors (Lipinski definition) is 4. The Kier molecular flexibility index (Phi) is 4.61. The van der Waals surface area contributed by atoms with Crippen LogP contribution in [0.2, 0.25) is 0 Å². The summed E-state index contributed by atoms with van der Waals surface area (Å²) in [4.78, 5) is 11.2. The number of aromatic nitrogens is 5. The third-order valence-electron chi connectivity index (χ3n) is 5.12. The Morgan fingerprint density at radius 2 is 1.73 bits per heavy atom. The van der Waals surface area contributed by atoms with Gasteiger partial charge in [-0.25, -0.2) is 4.98 Å². The van der Waals surface area contributed by atoms with Crippen LogP contribution < -0.4 is 0 Å². The second-order valence-electron chi connectivity index (χ2n) is 7.60. The Morgan fingerprint density at radius 3 is 2.50 bits per heavy atom. The molecule has 0 unspecified atom stereocenters. The van der Waals surface area contributed by atoms with Crippen molar-refractivity contribution in [2.75, 3.05) is 14.1 Å². The lowest BCUT2D eigenvalue weighted by molar-refractivity contribution is 0.402. The van der Waals surface area contributed by atoms with E-state index in [0.717, 1.165) is 46.0 Å². The minimum atomic E-state index is 0.887. The summed E-state index contributed by atoms with van der Waals surface area (Å²) in [6.07, 6.45) is 7.64. The molecule has 0 fully saturated rings. The molecule has 0 radical (unpaired) electrons. The van der Waals surface area contributed by atoms with Gasteiger partial charge in [0.05, 0.1) is 29.5 Å². The third kappa shape index (κ3) is 3.38. The van der Waals surface area contributed by atoms with Gasteiger partial charge in [0.1, 0.15) is 5.65 Å². The van der Waals surface area contributed by atoms with E-state index in [9.17, 15) is 0 Å². The van der Waals surface area contributed by atoms with E-state index in [2.05, 4.69) is 80.1 Å². The first kappa shape index (κ1) is 18.3. The van der Waals surface area contributed by atoms with Crippen molar-refractivity contribution < 1.29 is 0 Å². The standard InChI is InChI=1S/C24H22N6/c1-29(2)15-17-6-8-18(9-7-17)24-20(13-27-28-24)19-10-11-23-26-14-22(30(23)16-19)21-5-3-4-12-25-21/h3-14,16H,15H2,1-2H3,(H,27,28). The number of nitrogens with one attached hydrogen (secondary N) is 1. The molecule has 148 valence electrons. The largest absolute Gasteiger partial charge is 0.305 e. The number of hydrogen-bond donors (Lipinski definition) is 1. The van der Waals surface area contributed by atoms with Gasteiger partial charge < -0.3 is 4.90 Å². The highest BCUT2D eigenvalue weighted by atomic mass is 15.1. The second kappa shape index (κ2) is 7.57. The second-order valence-corrected chi connectivity index (χ2v) is 7.60. The summed E-state index contributed by atoms with van der Waals surface area (Å²) in [7, 11) is 4.15. The molecular weight excluding hydrogens is 372 g/mol. The fourth-order valence-corrected chi connectivity index (χ4v) is 3.71. The van der Waals surface area contributed by atoms with Gasteiger partial charge in [0.25, 0.3) is 0 Å². The number of pyridine rings is 2. The molecule has 0 saturated heterocycles. The predicted molar refractivity (Wildman–Crippen MR) is 119 cm³/mol. The van der Waals surface area contributed by atoms with Crippen molar-refractivity contribution in [3.8, 4) is 33.8 Å². The number of aromatic amines is 1. The zero-order chi connectivity index (χ0) is 20.5. The monoisotopic (exact) mass is 394 g/mol. The average Bonchev–Trinajstić information content (AvgIpc) is 3.41. The van der Waals surface area contributed by atoms with Crippen LogP contribution in [0.3, 0.4) is 0 Å². The number of nitrogens with zero attached hydrogens (tertiary/aromatic N) is 5. The number of rotatable bonds is 5. The Hall–Kier alpha value is -3.77. The van der Waals surface area contributed by atoms with Crippen LogP contribution in [0.15, 0.2) is 79.4 Å². The van der Waals surface area contributed by atoms with E-state index in [1.165, 1.54) is 5.56 Å². The molecule has 0 amide bonds. The summed E-state index contributed by atoms with van der Waals surface area (Å²) in [5.41, 5.74) is 8.27. The van der Waals surface area contributed by atoms with Gasteiger partial charge in [0.2, 0.25) is 0 Å². The first-order valence-corrected chi connectivity index (χ1v) is 9.85. The van der Waals surface area contributed by atoms with E-state index in [-0.39, 0.29) is 0 Å². The van der Waals surface area contributed by atoms with E-state index in [1.54, 1.807) is 6.20 Å². The van der Waals surface area contributed by atoms with E-state index in [0.29, 0.717) is 0 Å². The van der Waals surface area contributed by atoms with Gasteiger partial charge in [-0.2, -0.15) is 5.10 Å². The third-order valence-corrected chi connectivity index (χ3v) is 5.12. The van der Waals surface area contributed by atoms with E-state index in [1.807, 2.05) is 36.7 Å². The van der Waals surface area contributed by atoms with Crippen LogP contribution in [0, 0.1) is 0 Å². The van der Waals surface area contributed by atoms with Crippen molar-refractivity contribution in [1.29, 1.82) is 0 Å². The molecule has 0 aliphatic carbocycles. The van der Waals surface area contributed by atoms with E-state index in [4.69, 9.17) is 0 Å². The summed E-state index contributed by atoms with van der Waals surface area (Å²) in [6, 6.07) is 18.6. The molecule has 6 nitrogen and oxygen atoms in total. The van der Waals surface area contributed by atoms with E-state index < -0.39 is 0 Å². The number of imidazole rings is 1. The Balaban J connectivity index is 1.55. The van der Waals surface area contributed by atoms with Crippen LogP contribution in [-0.4, -0.2) is 43.6 Å². The van der Waals surface area contributed by atoms with Crippen molar-refractivity contribution in [2.45, 2.75) is 6.54 Å². The predicted octanol–water partition coefficient (Wildman–Crippen LogP) is 4.52. The number of fused-ring (bicyclic) bond motifs is 1. The first-order chi connectivity index (χ1) is 14.7. The minimum Gasteiger partial charge on any atom is -0.305 e. The van der Waals surface area contributed by atoms with Gasteiger partial charge in [0, 0.05) is 35.6 Å². The molecular formula is C24H22N6. The maximum absolute atomic E-state index is 4.53. The van der Waals surface area contributed by atoms with Crippen LogP contribution in [0.25, 0.3) is 39.4 Å². The molecule has 1 N–H and O–H groups in total. The SMILES string of the molecule is CN(C)Cc1ccc(-c2[nH]ncc2-c2ccc3ncc(-c4ccccn4)n3c2)cc1. The molecule has 6 heteroatoms. The van der Waals surface area contributed by atoms with Gasteiger partial charge in [-0.15, -0.1) is 0 Å². The lowest BCUT2D eigenvalue weighted by Crippen LogP contribution is -2.10. The smallest absolute Gasteiger partial charge is 0.137 e. The maximum atomic E-state index is 4.53. The lowest BCUT2D eigenvalue weighted by Gasteiger charge is -2.10. The molecule has 30 heavy (non-hydrogen) atoms. The first-order valence-electron chi connectivity index (χ1n) is 9.85. The zero-order valence-electron chi connectivity index (χ0n) is 16.9. The summed E-state index contributed by atoms with van der Waals surface area (Å²) in [6.45, 7) is 0.920. The van der Waals surface area contributed by atoms with Crippen molar-refractivity contribution in [1.82, 2.24) is 29.5 Å². The normalized spacial score (nSPS) is 11.4. The molecule has 0 spiro atoms. The summed E-state index contributed by atoms with van der Waals surface area (Å²) in [5, 5.41) is 7.49. The molecule has 0 atom stereocenters. The van der Waals surface area contributed by atoms with Gasteiger partial charge in [-0.3, -0.25) is 14.5 Å². The summed E-state index contributed by atoms with van der Waals surface area (Å²) < 4.78 is 2.08. The number of benzene rings is 1. The van der Waals surface area contributed by atoms with Crippen LogP contribution >= 0.6 is 0 Å². The lowest BCUT2D eigenvalue weighted by atomic mass is 10.0. The highest BCUT2D eigenvalue weighted by molar-refractivity contribution is 5.81. The van der Waals surface area contributed by atoms with Gasteiger partial charge in [-0.1, -0.05) is 30.3 Å². The van der Waals surface area contributed by atoms with Crippen molar-refractivity contribution in [2.24, 2.45) is 0 Å². The Bertz CT molecular complexity index is 1280. The maximum Gasteiger partial charge on any atom is 0.137 e. The van der Waals surface area contributed by atoms with Crippen molar-refractivity contribution in [3.05, 3.63) is 84.9 Å². The highest BCUT2D eigenvalue weighted by Crippen LogP contribution is 2.31. The fourth-order valence-electron chi connectivity index (χ4n) is 3.71. The Morgan fingerprint density at radius 1 is 0.900 bits per heavy atom. The topological polar surface area (TPSA) is 62.1 Å². The molecule has 0 aliphatic rings. The van der Waals surface area contributed by atoms with Gasteiger partial charge in [-0.05, 0) is 43.9 Å². The average molecular weight is 394 g/mol. The molecule has 0 bridgehead atoms. The van der Waals surface area contributed by atoms with Gasteiger partial charge >= 0.3 is 0 Å². The molecule has 5 rings (SSSR count). The minimum absolute atomic E-state index is 0.887. The van der Waals surface area contributed by atoms with Crippen molar-refractivity contribution >= 4 is 5.65 Å². The van der Waals surface area contributed by atoms with E-state index >= 15 is 0 Å². The highest BCUT2D eigenvalue weighted by Gasteiger charge is 2.13. The van der Waals surface area contributed by atoms with Crippen LogP contribution in [0.5, 0.6) is 0 Å². The Labute approximate surface area is 174 Å². The zero-order valence-corrected chi connectivity index (χ0v) is 16.9. The molecule has 1 aromatic carbocycles. The van der Waals surface area contributed by atoms with Crippen LogP contribution in [0.1, 0.15) is 5.56 Å². The van der Waals surface area contributed by atoms with Crippen molar-refractivity contribution in [3.63, 3.8) is 0 Å². The molecule has 0 aliphatic heterocycles. The van der Waals surface area contributed by atoms with Crippen LogP contribution in [-0.2, 0) is 6.54 Å². The molecule has 4 heterocycles. The van der Waals surface area contributed by atoms with Crippen LogP contribution in [0.4, 0.5) is 0 Å². The molecule has 5 aromatic rings. The molecule has 4 aromatic heterocycles. The number of H-pyrrole nitrogens is 1. The molecule has 0 saturated carbocycles. The quantitative estimate of drug-likeness (QED) is 0.476. The van der Waals surface area contributed by atoms with Gasteiger partial charge in [0.15, 0.2) is 0 Å². The summed E-state index contributed by atoms with van der Waals surface area (Å²) in [5.74, 6) is 0.